The van der Waals surface area contributed by atoms with Crippen molar-refractivity contribution in [2.45, 2.75) is 6.54 Å². The van der Waals surface area contributed by atoms with Crippen molar-refractivity contribution in [3.05, 3.63) is 70.4 Å². The number of carbonyl (C=O) groups excluding carboxylic acids is 2. The predicted molar refractivity (Wildman–Crippen MR) is 97.1 cm³/mol. The molecule has 13 heteroatoms. The molecule has 152 valence electrons. The number of hydrogen-bond donors (Lipinski definition) is 2. The zero-order valence-electron chi connectivity index (χ0n) is 14.8. The van der Waals surface area contributed by atoms with E-state index in [1.165, 1.54) is 29.8 Å². The van der Waals surface area contributed by atoms with Crippen molar-refractivity contribution in [2.24, 2.45) is 0 Å². The molecule has 0 fully saturated rings. The summed E-state index contributed by atoms with van der Waals surface area (Å²) in [6.07, 6.45) is 3.84. The molecule has 0 aliphatic rings. The van der Waals surface area contributed by atoms with Gasteiger partial charge < -0.3 is 5.32 Å². The van der Waals surface area contributed by atoms with E-state index in [-0.39, 0.29) is 12.1 Å². The Morgan fingerprint density at radius 3 is 2.63 bits per heavy atom. The molecule has 1 amide bonds. The van der Waals surface area contributed by atoms with Crippen LogP contribution in [0.2, 0.25) is 0 Å². The highest BCUT2D eigenvalue weighted by Gasteiger charge is 2.22. The highest BCUT2D eigenvalue weighted by molar-refractivity contribution is 7.14. The molecule has 0 bridgehead atoms. The largest absolute Gasteiger partial charge is 0.331 e. The number of amides is 1. The first-order valence-electron chi connectivity index (χ1n) is 8.26. The normalized spacial score (nSPS) is 10.9. The quantitative estimate of drug-likeness (QED) is 0.467. The van der Waals surface area contributed by atoms with E-state index in [1.54, 1.807) is 0 Å². The molecule has 0 unspecified atom stereocenters. The van der Waals surface area contributed by atoms with E-state index in [4.69, 9.17) is 0 Å². The number of nitrogens with zero attached hydrogens (tertiary/aromatic N) is 5. The van der Waals surface area contributed by atoms with Crippen molar-refractivity contribution in [1.29, 1.82) is 0 Å². The summed E-state index contributed by atoms with van der Waals surface area (Å²) in [5.74, 6) is -4.80. The van der Waals surface area contributed by atoms with Gasteiger partial charge in [0.15, 0.2) is 10.8 Å². The zero-order valence-corrected chi connectivity index (χ0v) is 15.6. The van der Waals surface area contributed by atoms with Gasteiger partial charge in [-0.15, -0.1) is 10.2 Å². The highest BCUT2D eigenvalue weighted by Crippen LogP contribution is 2.21. The van der Waals surface area contributed by atoms with E-state index in [1.807, 2.05) is 0 Å². The van der Waals surface area contributed by atoms with E-state index in [2.05, 4.69) is 30.9 Å². The molecule has 0 spiro atoms. The molecule has 0 aliphatic heterocycles. The number of carbonyl (C=O) groups is 2. The average Bonchev–Trinajstić information content (AvgIpc) is 3.46. The summed E-state index contributed by atoms with van der Waals surface area (Å²) in [4.78, 5) is 24.6. The van der Waals surface area contributed by atoms with Gasteiger partial charge in [-0.25, -0.2) is 18.0 Å². The fourth-order valence-electron chi connectivity index (χ4n) is 2.54. The Kier molecular flexibility index (Phi) is 5.10. The molecule has 30 heavy (non-hydrogen) atoms. The fourth-order valence-corrected chi connectivity index (χ4v) is 3.27. The average molecular weight is 433 g/mol. The van der Waals surface area contributed by atoms with Crippen LogP contribution >= 0.6 is 11.3 Å². The lowest BCUT2D eigenvalue weighted by Gasteiger charge is -2.04. The third-order valence-electron chi connectivity index (χ3n) is 3.92. The number of H-pyrrole nitrogens is 1. The summed E-state index contributed by atoms with van der Waals surface area (Å²) in [6.45, 7) is 0.0526. The van der Waals surface area contributed by atoms with Crippen molar-refractivity contribution >= 4 is 23.2 Å². The van der Waals surface area contributed by atoms with Crippen LogP contribution in [0, 0.1) is 17.5 Å². The summed E-state index contributed by atoms with van der Waals surface area (Å²) >= 11 is 1.20. The summed E-state index contributed by atoms with van der Waals surface area (Å²) in [6, 6.07) is 1.44. The van der Waals surface area contributed by atoms with Crippen molar-refractivity contribution in [3.63, 3.8) is 0 Å². The molecule has 3 heterocycles. The summed E-state index contributed by atoms with van der Waals surface area (Å²) in [7, 11) is 0. The van der Waals surface area contributed by atoms with Crippen LogP contribution in [-0.4, -0.2) is 42.0 Å². The minimum atomic E-state index is -1.33. The molecule has 1 aromatic carbocycles. The van der Waals surface area contributed by atoms with Crippen molar-refractivity contribution in [1.82, 2.24) is 35.5 Å². The van der Waals surface area contributed by atoms with E-state index < -0.39 is 34.8 Å². The van der Waals surface area contributed by atoms with Gasteiger partial charge in [0.05, 0.1) is 18.3 Å². The monoisotopic (exact) mass is 433 g/mol. The Hall–Kier alpha value is -3.87. The molecule has 3 aromatic heterocycles. The number of halogens is 3. The predicted octanol–water partition coefficient (Wildman–Crippen LogP) is 2.53. The Morgan fingerprint density at radius 2 is 1.93 bits per heavy atom. The maximum absolute atomic E-state index is 13.8. The SMILES string of the molecule is O=C(c1ccn(C(=O)NCc2nnc(-c3cn[nH]n3)s2)c1)c1c(F)cc(F)cc1F. The maximum atomic E-state index is 13.8. The number of aromatic nitrogens is 6. The van der Waals surface area contributed by atoms with Crippen molar-refractivity contribution in [3.8, 4) is 10.7 Å². The van der Waals surface area contributed by atoms with E-state index in [0.29, 0.717) is 27.8 Å². The van der Waals surface area contributed by atoms with Crippen LogP contribution in [0.15, 0.2) is 36.8 Å². The number of hydrogen-bond acceptors (Lipinski definition) is 7. The Morgan fingerprint density at radius 1 is 1.17 bits per heavy atom. The van der Waals surface area contributed by atoms with Gasteiger partial charge >= 0.3 is 6.03 Å². The molecule has 4 rings (SSSR count). The molecule has 4 aromatic rings. The number of rotatable bonds is 5. The third kappa shape index (κ3) is 3.82. The maximum Gasteiger partial charge on any atom is 0.325 e. The number of benzene rings is 1. The van der Waals surface area contributed by atoms with E-state index >= 15 is 0 Å². The minimum Gasteiger partial charge on any atom is -0.331 e. The minimum absolute atomic E-state index is 0.0526. The third-order valence-corrected chi connectivity index (χ3v) is 4.86. The van der Waals surface area contributed by atoms with Crippen LogP contribution in [0.1, 0.15) is 20.9 Å². The highest BCUT2D eigenvalue weighted by atomic mass is 32.1. The number of nitrogens with one attached hydrogen (secondary N) is 2. The molecule has 0 saturated heterocycles. The Labute approximate surface area is 169 Å². The van der Waals surface area contributed by atoms with Gasteiger partial charge in [-0.05, 0) is 6.07 Å². The van der Waals surface area contributed by atoms with Crippen LogP contribution in [0.5, 0.6) is 0 Å². The zero-order chi connectivity index (χ0) is 21.3. The second kappa shape index (κ2) is 7.87. The second-order valence-corrected chi connectivity index (χ2v) is 6.96. The summed E-state index contributed by atoms with van der Waals surface area (Å²) in [5, 5.41) is 21.5. The first kappa shape index (κ1) is 19.4. The van der Waals surface area contributed by atoms with E-state index in [0.717, 1.165) is 10.8 Å². The summed E-state index contributed by atoms with van der Waals surface area (Å²) in [5.41, 5.74) is -0.526. The van der Waals surface area contributed by atoms with Crippen molar-refractivity contribution < 1.29 is 22.8 Å². The molecule has 9 nitrogen and oxygen atoms in total. The fraction of sp³-hybridized carbons (Fsp3) is 0.0588. The van der Waals surface area contributed by atoms with Crippen LogP contribution in [0.25, 0.3) is 10.7 Å². The Balaban J connectivity index is 1.44. The van der Waals surface area contributed by atoms with Gasteiger partial charge in [0.25, 0.3) is 0 Å². The van der Waals surface area contributed by atoms with E-state index in [9.17, 15) is 22.8 Å². The molecule has 0 atom stereocenters. The van der Waals surface area contributed by atoms with Crippen LogP contribution in [0.3, 0.4) is 0 Å². The standard InChI is InChI=1S/C17H10F3N7O2S/c18-9-3-10(19)14(11(20)4-9)15(28)8-1-2-27(7-8)17(29)21-6-13-24-25-16(30-13)12-5-22-26-23-12/h1-5,7H,6H2,(H,21,29)(H,22,23,26). The molecule has 0 saturated carbocycles. The lowest BCUT2D eigenvalue weighted by molar-refractivity contribution is 0.103. The van der Waals surface area contributed by atoms with Gasteiger partial charge in [-0.3, -0.25) is 9.36 Å². The van der Waals surface area contributed by atoms with Gasteiger partial charge in [-0.1, -0.05) is 11.3 Å². The van der Waals surface area contributed by atoms with Gasteiger partial charge in [0.2, 0.25) is 0 Å². The lowest BCUT2D eigenvalue weighted by atomic mass is 10.0. The smallest absolute Gasteiger partial charge is 0.325 e. The number of aromatic amines is 1. The summed E-state index contributed by atoms with van der Waals surface area (Å²) < 4.78 is 41.7. The second-order valence-electron chi connectivity index (χ2n) is 5.90. The molecular formula is C17H10F3N7O2S. The van der Waals surface area contributed by atoms with Crippen LogP contribution in [0.4, 0.5) is 18.0 Å². The first-order valence-corrected chi connectivity index (χ1v) is 9.08. The molecular weight excluding hydrogens is 423 g/mol. The van der Waals surface area contributed by atoms with Crippen LogP contribution in [-0.2, 0) is 6.54 Å². The van der Waals surface area contributed by atoms with Gasteiger partial charge in [-0.2, -0.15) is 15.4 Å². The molecule has 2 N–H and O–H groups in total. The lowest BCUT2D eigenvalue weighted by Crippen LogP contribution is -2.27. The molecule has 0 aliphatic carbocycles. The molecule has 0 radical (unpaired) electrons. The van der Waals surface area contributed by atoms with Gasteiger partial charge in [0.1, 0.15) is 28.2 Å². The Bertz CT molecular complexity index is 1210. The van der Waals surface area contributed by atoms with Crippen molar-refractivity contribution in [2.75, 3.05) is 0 Å². The van der Waals surface area contributed by atoms with Crippen LogP contribution < -0.4 is 5.32 Å². The van der Waals surface area contributed by atoms with Gasteiger partial charge in [0, 0.05) is 30.1 Å². The topological polar surface area (TPSA) is 118 Å². The number of ketones is 1. The first-order chi connectivity index (χ1) is 14.4.